The third-order valence-electron chi connectivity index (χ3n) is 4.23. The van der Waals surface area contributed by atoms with Crippen LogP contribution in [0.5, 0.6) is 0 Å². The predicted octanol–water partition coefficient (Wildman–Crippen LogP) is 3.06. The second-order valence-corrected chi connectivity index (χ2v) is 6.71. The number of rotatable bonds is 1. The largest absolute Gasteiger partial charge is 0.465 e. The summed E-state index contributed by atoms with van der Waals surface area (Å²) in [6, 6.07) is 9.36. The first-order valence-electron chi connectivity index (χ1n) is 7.01. The lowest BCUT2D eigenvalue weighted by molar-refractivity contribution is -0.0686. The van der Waals surface area contributed by atoms with E-state index in [4.69, 9.17) is 0 Å². The Morgan fingerprint density at radius 3 is 2.40 bits per heavy atom. The fourth-order valence-corrected chi connectivity index (χ4v) is 3.01. The van der Waals surface area contributed by atoms with Crippen molar-refractivity contribution in [3.05, 3.63) is 35.9 Å². The molecule has 1 heterocycles. The second-order valence-electron chi connectivity index (χ2n) is 6.71. The fourth-order valence-electron chi connectivity index (χ4n) is 3.01. The van der Waals surface area contributed by atoms with Gasteiger partial charge in [-0.15, -0.1) is 0 Å². The standard InChI is InChI=1S/C16H23NO3/c1-15(2,3)13-11-16(20,9-10-17(13)14(18)19)12-7-5-4-6-8-12/h4-8,13,20H,9-11H2,1-3H3,(H,18,19). The average Bonchev–Trinajstić information content (AvgIpc) is 2.38. The molecule has 2 unspecified atom stereocenters. The fraction of sp³-hybridized carbons (Fsp3) is 0.562. The van der Waals surface area contributed by atoms with Gasteiger partial charge in [-0.2, -0.15) is 0 Å². The Kier molecular flexibility index (Phi) is 3.78. The Morgan fingerprint density at radius 2 is 1.90 bits per heavy atom. The Balaban J connectivity index is 2.31. The van der Waals surface area contributed by atoms with E-state index in [1.807, 2.05) is 51.1 Å². The third-order valence-corrected chi connectivity index (χ3v) is 4.23. The quantitative estimate of drug-likeness (QED) is 0.829. The van der Waals surface area contributed by atoms with Crippen molar-refractivity contribution in [2.45, 2.75) is 45.3 Å². The van der Waals surface area contributed by atoms with Crippen molar-refractivity contribution >= 4 is 6.09 Å². The molecule has 20 heavy (non-hydrogen) atoms. The number of hydrogen-bond acceptors (Lipinski definition) is 2. The lowest BCUT2D eigenvalue weighted by Gasteiger charge is -2.48. The van der Waals surface area contributed by atoms with Crippen LogP contribution in [0.1, 0.15) is 39.2 Å². The predicted molar refractivity (Wildman–Crippen MR) is 77.5 cm³/mol. The summed E-state index contributed by atoms with van der Waals surface area (Å²) in [5.41, 5.74) is -0.272. The van der Waals surface area contributed by atoms with Gasteiger partial charge in [-0.3, -0.25) is 0 Å². The van der Waals surface area contributed by atoms with Crippen molar-refractivity contribution in [3.8, 4) is 0 Å². The number of carboxylic acid groups (broad SMARTS) is 1. The molecule has 4 heteroatoms. The Labute approximate surface area is 120 Å². The number of benzene rings is 1. The van der Waals surface area contributed by atoms with Gasteiger partial charge in [0.1, 0.15) is 0 Å². The third kappa shape index (κ3) is 2.80. The molecule has 1 aliphatic rings. The molecule has 2 rings (SSSR count). The van der Waals surface area contributed by atoms with Crippen LogP contribution in [0.25, 0.3) is 0 Å². The number of piperidine rings is 1. The summed E-state index contributed by atoms with van der Waals surface area (Å²) < 4.78 is 0. The van der Waals surface area contributed by atoms with E-state index in [1.54, 1.807) is 0 Å². The molecule has 1 saturated heterocycles. The molecule has 0 aliphatic carbocycles. The van der Waals surface area contributed by atoms with Crippen molar-refractivity contribution in [1.82, 2.24) is 4.90 Å². The van der Waals surface area contributed by atoms with Crippen LogP contribution < -0.4 is 0 Å². The Morgan fingerprint density at radius 1 is 1.30 bits per heavy atom. The van der Waals surface area contributed by atoms with Gasteiger partial charge in [0.25, 0.3) is 0 Å². The minimum Gasteiger partial charge on any atom is -0.465 e. The SMILES string of the molecule is CC(C)(C)C1CC(O)(c2ccccc2)CCN1C(=O)O. The Bertz CT molecular complexity index is 480. The van der Waals surface area contributed by atoms with Gasteiger partial charge in [-0.05, 0) is 17.4 Å². The topological polar surface area (TPSA) is 60.8 Å². The number of carbonyl (C=O) groups is 1. The van der Waals surface area contributed by atoms with Gasteiger partial charge in [0.2, 0.25) is 0 Å². The number of likely N-dealkylation sites (tertiary alicyclic amines) is 1. The summed E-state index contributed by atoms with van der Waals surface area (Å²) in [5, 5.41) is 20.3. The number of hydrogen-bond donors (Lipinski definition) is 2. The van der Waals surface area contributed by atoms with Crippen LogP contribution in [-0.2, 0) is 5.60 Å². The van der Waals surface area contributed by atoms with E-state index in [-0.39, 0.29) is 11.5 Å². The molecular formula is C16H23NO3. The Hall–Kier alpha value is -1.55. The lowest BCUT2D eigenvalue weighted by atomic mass is 9.73. The summed E-state index contributed by atoms with van der Waals surface area (Å²) in [6.07, 6.45) is -0.0251. The van der Waals surface area contributed by atoms with Gasteiger partial charge in [-0.1, -0.05) is 51.1 Å². The van der Waals surface area contributed by atoms with Crippen LogP contribution in [0.4, 0.5) is 4.79 Å². The normalized spacial score (nSPS) is 27.4. The van der Waals surface area contributed by atoms with Crippen molar-refractivity contribution in [2.75, 3.05) is 6.54 Å². The highest BCUT2D eigenvalue weighted by atomic mass is 16.4. The molecule has 1 fully saturated rings. The van der Waals surface area contributed by atoms with E-state index in [0.29, 0.717) is 19.4 Å². The van der Waals surface area contributed by atoms with Gasteiger partial charge in [0, 0.05) is 19.0 Å². The summed E-state index contributed by atoms with van der Waals surface area (Å²) in [6.45, 7) is 6.42. The van der Waals surface area contributed by atoms with Crippen LogP contribution in [-0.4, -0.2) is 33.8 Å². The lowest BCUT2D eigenvalue weighted by Crippen LogP contribution is -2.55. The van der Waals surface area contributed by atoms with Crippen LogP contribution >= 0.6 is 0 Å². The van der Waals surface area contributed by atoms with Gasteiger partial charge >= 0.3 is 6.09 Å². The molecule has 0 saturated carbocycles. The van der Waals surface area contributed by atoms with E-state index >= 15 is 0 Å². The second kappa shape index (κ2) is 5.09. The van der Waals surface area contributed by atoms with Gasteiger partial charge in [0.05, 0.1) is 5.60 Å². The monoisotopic (exact) mass is 277 g/mol. The maximum atomic E-state index is 11.4. The summed E-state index contributed by atoms with van der Waals surface area (Å²) in [4.78, 5) is 12.9. The molecule has 1 amide bonds. The van der Waals surface area contributed by atoms with Crippen molar-refractivity contribution in [1.29, 1.82) is 0 Å². The van der Waals surface area contributed by atoms with Crippen molar-refractivity contribution in [3.63, 3.8) is 0 Å². The van der Waals surface area contributed by atoms with Gasteiger partial charge in [-0.25, -0.2) is 4.79 Å². The van der Waals surface area contributed by atoms with Gasteiger partial charge < -0.3 is 15.1 Å². The zero-order valence-electron chi connectivity index (χ0n) is 12.3. The summed E-state index contributed by atoms with van der Waals surface area (Å²) in [7, 11) is 0. The molecule has 0 bridgehead atoms. The first-order chi connectivity index (χ1) is 9.24. The highest BCUT2D eigenvalue weighted by Gasteiger charge is 2.45. The van der Waals surface area contributed by atoms with E-state index in [2.05, 4.69) is 0 Å². The maximum absolute atomic E-state index is 11.4. The molecule has 2 atom stereocenters. The number of nitrogens with zero attached hydrogens (tertiary/aromatic N) is 1. The van der Waals surface area contributed by atoms with Crippen molar-refractivity contribution in [2.24, 2.45) is 5.41 Å². The molecule has 2 N–H and O–H groups in total. The highest BCUT2D eigenvalue weighted by molar-refractivity contribution is 5.65. The molecule has 4 nitrogen and oxygen atoms in total. The average molecular weight is 277 g/mol. The van der Waals surface area contributed by atoms with Crippen LogP contribution in [0.15, 0.2) is 30.3 Å². The smallest absolute Gasteiger partial charge is 0.407 e. The van der Waals surface area contributed by atoms with Crippen LogP contribution in [0, 0.1) is 5.41 Å². The van der Waals surface area contributed by atoms with E-state index in [0.717, 1.165) is 5.56 Å². The van der Waals surface area contributed by atoms with E-state index in [1.165, 1.54) is 4.90 Å². The molecule has 1 aromatic carbocycles. The van der Waals surface area contributed by atoms with Crippen LogP contribution in [0.3, 0.4) is 0 Å². The van der Waals surface area contributed by atoms with Crippen LogP contribution in [0.2, 0.25) is 0 Å². The number of amides is 1. The zero-order chi connectivity index (χ0) is 15.0. The van der Waals surface area contributed by atoms with Crippen molar-refractivity contribution < 1.29 is 15.0 Å². The summed E-state index contributed by atoms with van der Waals surface area (Å²) >= 11 is 0. The highest BCUT2D eigenvalue weighted by Crippen LogP contribution is 2.41. The first kappa shape index (κ1) is 14.9. The minimum atomic E-state index is -0.939. The molecule has 1 aromatic rings. The molecule has 110 valence electrons. The maximum Gasteiger partial charge on any atom is 0.407 e. The molecule has 0 radical (unpaired) electrons. The summed E-state index contributed by atoms with van der Waals surface area (Å²) in [5.74, 6) is 0. The van der Waals surface area contributed by atoms with Gasteiger partial charge in [0.15, 0.2) is 0 Å². The zero-order valence-corrected chi connectivity index (χ0v) is 12.3. The number of aliphatic hydroxyl groups is 1. The molecular weight excluding hydrogens is 254 g/mol. The molecule has 1 aliphatic heterocycles. The first-order valence-corrected chi connectivity index (χ1v) is 7.01. The van der Waals surface area contributed by atoms with E-state index in [9.17, 15) is 15.0 Å². The molecule has 0 spiro atoms. The minimum absolute atomic E-state index is 0.195. The molecule has 0 aromatic heterocycles. The van der Waals surface area contributed by atoms with E-state index < -0.39 is 11.7 Å².